The molecule has 2 nitrogen and oxygen atoms in total. The summed E-state index contributed by atoms with van der Waals surface area (Å²) in [6.07, 6.45) is 18.7. The highest BCUT2D eigenvalue weighted by Crippen LogP contribution is 2.35. The largest absolute Gasteiger partial charge is 0.463 e. The number of ether oxygens (including phenoxy) is 1. The number of carbonyl (C=O) groups is 1. The van der Waals surface area contributed by atoms with Crippen LogP contribution < -0.4 is 0 Å². The molecule has 142 valence electrons. The Labute approximate surface area is 188 Å². The number of hydrogen-bond acceptors (Lipinski definition) is 2. The molecule has 0 spiro atoms. The van der Waals surface area contributed by atoms with Gasteiger partial charge in [-0.15, -0.1) is 0 Å². The Morgan fingerprint density at radius 3 is 1.50 bits per heavy atom. The van der Waals surface area contributed by atoms with E-state index in [2.05, 4.69) is 72.0 Å². The van der Waals surface area contributed by atoms with Crippen LogP contribution in [0.5, 0.6) is 0 Å². The molecule has 0 saturated carbocycles. The van der Waals surface area contributed by atoms with Crippen molar-refractivity contribution in [3.8, 4) is 0 Å². The van der Waals surface area contributed by atoms with E-state index >= 15 is 0 Å². The highest BCUT2D eigenvalue weighted by molar-refractivity contribution is 14.4. The maximum Gasteiger partial charge on any atom is 0.330 e. The first-order valence-corrected chi connectivity index (χ1v) is 20.9. The van der Waals surface area contributed by atoms with Gasteiger partial charge in [-0.25, -0.2) is 4.79 Å². The number of carbonyl (C=O) groups excluding carboxylic acids is 1. The van der Waals surface area contributed by atoms with E-state index in [1.807, 2.05) is 0 Å². The van der Waals surface area contributed by atoms with E-state index in [9.17, 15) is 4.79 Å². The van der Waals surface area contributed by atoms with Gasteiger partial charge in [0.15, 0.2) is 0 Å². The summed E-state index contributed by atoms with van der Waals surface area (Å²) in [6.45, 7) is 3.93. The van der Waals surface area contributed by atoms with Crippen molar-refractivity contribution in [2.45, 2.75) is 89.5 Å². The van der Waals surface area contributed by atoms with E-state index in [1.165, 1.54) is 89.2 Å². The molecule has 0 rings (SSSR count). The summed E-state index contributed by atoms with van der Waals surface area (Å²) in [5.74, 6) is -0.301. The van der Waals surface area contributed by atoms with Crippen molar-refractivity contribution in [1.82, 2.24) is 0 Å². The van der Waals surface area contributed by atoms with Crippen LogP contribution in [0.15, 0.2) is 12.7 Å². The topological polar surface area (TPSA) is 26.3 Å². The highest BCUT2D eigenvalue weighted by atomic mass is 127. The van der Waals surface area contributed by atoms with Gasteiger partial charge in [0.1, 0.15) is 0 Å². The molecule has 0 aromatic heterocycles. The first kappa shape index (κ1) is 25.6. The van der Waals surface area contributed by atoms with Gasteiger partial charge in [-0.3, -0.25) is 0 Å². The lowest BCUT2D eigenvalue weighted by molar-refractivity contribution is -0.137. The fourth-order valence-electron chi connectivity index (χ4n) is 2.60. The zero-order valence-electron chi connectivity index (χ0n) is 14.8. The van der Waals surface area contributed by atoms with Crippen molar-refractivity contribution in [3.63, 3.8) is 0 Å². The molecule has 0 unspecified atom stereocenters. The van der Waals surface area contributed by atoms with Crippen LogP contribution >= 0.6 is 65.4 Å². The molecular weight excluding hydrogens is 657 g/mol. The van der Waals surface area contributed by atoms with E-state index < -0.39 is 0.564 Å². The van der Waals surface area contributed by atoms with Crippen LogP contribution in [0.4, 0.5) is 0 Å². The van der Waals surface area contributed by atoms with E-state index in [0.29, 0.717) is 6.61 Å². The maximum absolute atomic E-state index is 10.8. The van der Waals surface area contributed by atoms with Crippen molar-refractivity contribution in [2.75, 3.05) is 6.61 Å². The summed E-state index contributed by atoms with van der Waals surface area (Å²) in [4.78, 5) is 10.8. The monoisotopic (exact) mass is 690 g/mol. The number of rotatable bonds is 17. The standard InChI is InChI=1S/C18H33I3O2Si/c1-2-18(22)23-16-14-12-10-8-6-4-3-5-7-9-11-13-15-17-24(19,20)21/h2H,1,3-17H2. The molecule has 0 bridgehead atoms. The smallest absolute Gasteiger partial charge is 0.330 e. The zero-order chi connectivity index (χ0) is 18.1. The minimum atomic E-state index is -0.885. The Bertz CT molecular complexity index is 320. The average Bonchev–Trinajstić information content (AvgIpc) is 2.53. The van der Waals surface area contributed by atoms with Gasteiger partial charge < -0.3 is 4.74 Å². The van der Waals surface area contributed by atoms with E-state index in [0.717, 1.165) is 6.42 Å². The third-order valence-electron chi connectivity index (χ3n) is 4.02. The normalized spacial score (nSPS) is 11.5. The van der Waals surface area contributed by atoms with Gasteiger partial charge >= 0.3 is 5.97 Å². The second-order valence-electron chi connectivity index (χ2n) is 6.33. The highest BCUT2D eigenvalue weighted by Gasteiger charge is 2.19. The molecule has 0 radical (unpaired) electrons. The molecule has 0 aromatic rings. The molecular formula is C18H33I3O2Si. The third kappa shape index (κ3) is 21.7. The summed E-state index contributed by atoms with van der Waals surface area (Å²) in [5, 5.41) is 0. The van der Waals surface area contributed by atoms with Crippen molar-refractivity contribution in [3.05, 3.63) is 12.7 Å². The summed E-state index contributed by atoms with van der Waals surface area (Å²) in [6, 6.07) is 1.46. The van der Waals surface area contributed by atoms with Gasteiger partial charge in [0.2, 0.25) is 0 Å². The quantitative estimate of drug-likeness (QED) is 0.0386. The predicted octanol–water partition coefficient (Wildman–Crippen LogP) is 8.03. The third-order valence-corrected chi connectivity index (χ3v) is 9.79. The second kappa shape index (κ2) is 18.0. The lowest BCUT2D eigenvalue weighted by atomic mass is 10.0. The Kier molecular flexibility index (Phi) is 19.2. The number of unbranched alkanes of at least 4 members (excludes halogenated alkanes) is 12. The maximum atomic E-state index is 10.8. The molecule has 0 amide bonds. The zero-order valence-corrected chi connectivity index (χ0v) is 22.3. The molecule has 0 aliphatic carbocycles. The summed E-state index contributed by atoms with van der Waals surface area (Å²) >= 11 is 8.01. The fraction of sp³-hybridized carbons (Fsp3) is 0.833. The van der Waals surface area contributed by atoms with Gasteiger partial charge in [0, 0.05) is 6.08 Å². The molecule has 6 heteroatoms. The van der Waals surface area contributed by atoms with Gasteiger partial charge in [-0.05, 0) is 12.5 Å². The summed E-state index contributed by atoms with van der Waals surface area (Å²) in [7, 11) is 0. The molecule has 0 fully saturated rings. The Balaban J connectivity index is 3.08. The van der Waals surface area contributed by atoms with Crippen LogP contribution in [0.2, 0.25) is 6.04 Å². The van der Waals surface area contributed by atoms with Gasteiger partial charge in [-0.2, -0.15) is 0 Å². The minimum Gasteiger partial charge on any atom is -0.463 e. The molecule has 0 N–H and O–H groups in total. The van der Waals surface area contributed by atoms with Gasteiger partial charge in [0.05, 0.1) is 6.61 Å². The average molecular weight is 690 g/mol. The van der Waals surface area contributed by atoms with Crippen molar-refractivity contribution < 1.29 is 9.53 Å². The van der Waals surface area contributed by atoms with E-state index in [1.54, 1.807) is 0 Å². The van der Waals surface area contributed by atoms with Gasteiger partial charge in [0.25, 0.3) is 0.564 Å². The van der Waals surface area contributed by atoms with Crippen LogP contribution in [0.3, 0.4) is 0 Å². The fourth-order valence-corrected chi connectivity index (χ4v) is 6.69. The van der Waals surface area contributed by atoms with E-state index in [-0.39, 0.29) is 5.97 Å². The lowest BCUT2D eigenvalue weighted by Crippen LogP contribution is -2.03. The molecule has 0 atom stereocenters. The Morgan fingerprint density at radius 2 is 1.12 bits per heavy atom. The summed E-state index contributed by atoms with van der Waals surface area (Å²) in [5.41, 5.74) is 0. The Morgan fingerprint density at radius 1 is 0.750 bits per heavy atom. The molecule has 0 aliphatic heterocycles. The molecule has 0 saturated heterocycles. The summed E-state index contributed by atoms with van der Waals surface area (Å²) < 4.78 is 4.07. The number of halogens is 3. The first-order valence-electron chi connectivity index (χ1n) is 9.31. The molecule has 24 heavy (non-hydrogen) atoms. The first-order chi connectivity index (χ1) is 11.5. The number of hydrogen-bond donors (Lipinski definition) is 0. The van der Waals surface area contributed by atoms with Crippen LogP contribution in [-0.2, 0) is 9.53 Å². The molecule has 0 heterocycles. The van der Waals surface area contributed by atoms with Crippen LogP contribution in [0.1, 0.15) is 83.5 Å². The lowest BCUT2D eigenvalue weighted by Gasteiger charge is -2.08. The van der Waals surface area contributed by atoms with Crippen LogP contribution in [0, 0.1) is 0 Å². The van der Waals surface area contributed by atoms with Crippen molar-refractivity contribution in [1.29, 1.82) is 0 Å². The predicted molar refractivity (Wildman–Crippen MR) is 134 cm³/mol. The minimum absolute atomic E-state index is 0.301. The van der Waals surface area contributed by atoms with Crippen molar-refractivity contribution in [2.24, 2.45) is 0 Å². The molecule has 0 aliphatic rings. The molecule has 0 aromatic carbocycles. The van der Waals surface area contributed by atoms with Crippen LogP contribution in [0.25, 0.3) is 0 Å². The van der Waals surface area contributed by atoms with E-state index in [4.69, 9.17) is 4.74 Å². The second-order valence-corrected chi connectivity index (χ2v) is 43.2. The van der Waals surface area contributed by atoms with Gasteiger partial charge in [-0.1, -0.05) is 149 Å². The Hall–Kier alpha value is 1.62. The SMILES string of the molecule is C=CC(=O)OCCCCCCCCCCCCCCC[Si](I)(I)I. The van der Waals surface area contributed by atoms with Crippen LogP contribution in [-0.4, -0.2) is 13.1 Å². The van der Waals surface area contributed by atoms with Crippen molar-refractivity contribution >= 4 is 71.9 Å². The number of esters is 1.